The lowest BCUT2D eigenvalue weighted by atomic mass is 9.92. The predicted molar refractivity (Wildman–Crippen MR) is 79.3 cm³/mol. The van der Waals surface area contributed by atoms with Crippen LogP contribution in [0.2, 0.25) is 0 Å². The molecule has 0 bridgehead atoms. The van der Waals surface area contributed by atoms with Gasteiger partial charge in [-0.3, -0.25) is 19.4 Å². The Bertz CT molecular complexity index is 562. The summed E-state index contributed by atoms with van der Waals surface area (Å²) in [6.45, 7) is 3.34. The molecule has 8 nitrogen and oxygen atoms in total. The topological polar surface area (TPSA) is 124 Å². The molecule has 2 aliphatic rings. The minimum Gasteiger partial charge on any atom is -0.477 e. The van der Waals surface area contributed by atoms with E-state index < -0.39 is 35.3 Å². The Morgan fingerprint density at radius 1 is 1.45 bits per heavy atom. The van der Waals surface area contributed by atoms with Crippen molar-refractivity contribution in [1.29, 1.82) is 0 Å². The number of primary amides is 1. The van der Waals surface area contributed by atoms with Crippen molar-refractivity contribution in [2.45, 2.75) is 31.4 Å². The second-order valence-corrected chi connectivity index (χ2v) is 6.76. The number of fused-ring (bicyclic) bond motifs is 1. The van der Waals surface area contributed by atoms with Crippen molar-refractivity contribution in [2.75, 3.05) is 13.6 Å². The van der Waals surface area contributed by atoms with Gasteiger partial charge in [0.15, 0.2) is 0 Å². The molecule has 0 spiro atoms. The zero-order chi connectivity index (χ0) is 16.8. The first-order valence-electron chi connectivity index (χ1n) is 6.80. The van der Waals surface area contributed by atoms with Crippen molar-refractivity contribution in [3.63, 3.8) is 0 Å². The molecule has 22 heavy (non-hydrogen) atoms. The number of likely N-dealkylation sites (N-methyl/N-ethyl adjacent to an activating group) is 1. The van der Waals surface area contributed by atoms with Crippen molar-refractivity contribution in [3.05, 3.63) is 10.6 Å². The number of hydrogen-bond acceptors (Lipinski definition) is 6. The zero-order valence-electron chi connectivity index (χ0n) is 12.5. The second-order valence-electron chi connectivity index (χ2n) is 5.55. The fourth-order valence-electron chi connectivity index (χ4n) is 2.55. The molecule has 1 fully saturated rings. The van der Waals surface area contributed by atoms with E-state index in [1.165, 1.54) is 23.6 Å². The molecule has 0 aliphatic carbocycles. The first kappa shape index (κ1) is 16.8. The summed E-state index contributed by atoms with van der Waals surface area (Å²) < 4.78 is 0. The number of aliphatic carboxylic acids is 1. The number of nitrogens with zero attached hydrogens (tertiary/aromatic N) is 2. The van der Waals surface area contributed by atoms with Gasteiger partial charge in [0.2, 0.25) is 11.8 Å². The Labute approximate surface area is 131 Å². The van der Waals surface area contributed by atoms with Gasteiger partial charge in [0, 0.05) is 11.4 Å². The molecule has 9 heteroatoms. The van der Waals surface area contributed by atoms with Crippen LogP contribution in [-0.4, -0.2) is 68.9 Å². The van der Waals surface area contributed by atoms with Crippen LogP contribution in [0.4, 0.5) is 0 Å². The summed E-state index contributed by atoms with van der Waals surface area (Å²) >= 11 is 1.24. The first-order chi connectivity index (χ1) is 10.2. The summed E-state index contributed by atoms with van der Waals surface area (Å²) in [5.41, 5.74) is 5.17. The molecule has 2 rings (SSSR count). The van der Waals surface area contributed by atoms with Crippen LogP contribution in [0.3, 0.4) is 0 Å². The van der Waals surface area contributed by atoms with Gasteiger partial charge in [-0.2, -0.15) is 0 Å². The van der Waals surface area contributed by atoms with Crippen LogP contribution < -0.4 is 5.73 Å². The van der Waals surface area contributed by atoms with Gasteiger partial charge in [0.1, 0.15) is 11.1 Å². The van der Waals surface area contributed by atoms with E-state index in [2.05, 4.69) is 0 Å². The smallest absolute Gasteiger partial charge is 0.353 e. The SMILES string of the molecule is C[C@@H](O)[C@H]1C(=O)N2C(C(=O)O)=C(CN(C)[C@@H](C)C(N)=O)S[C@H]12. The van der Waals surface area contributed by atoms with Gasteiger partial charge < -0.3 is 15.9 Å². The molecule has 122 valence electrons. The van der Waals surface area contributed by atoms with Crippen LogP contribution in [0, 0.1) is 5.92 Å². The van der Waals surface area contributed by atoms with Crippen LogP contribution in [0.25, 0.3) is 0 Å². The Hall–Kier alpha value is -1.58. The van der Waals surface area contributed by atoms with Gasteiger partial charge in [0.05, 0.1) is 18.1 Å². The molecule has 0 saturated carbocycles. The van der Waals surface area contributed by atoms with E-state index in [0.29, 0.717) is 4.91 Å². The highest BCUT2D eigenvalue weighted by Gasteiger charge is 2.57. The average molecular weight is 329 g/mol. The van der Waals surface area contributed by atoms with Crippen molar-refractivity contribution >= 4 is 29.5 Å². The number of β-lactam (4-membered cyclic amide) rings is 1. The van der Waals surface area contributed by atoms with Crippen molar-refractivity contribution in [2.24, 2.45) is 11.7 Å². The maximum absolute atomic E-state index is 12.0. The number of nitrogens with two attached hydrogens (primary N) is 1. The molecule has 4 atom stereocenters. The van der Waals surface area contributed by atoms with E-state index in [-0.39, 0.29) is 18.1 Å². The van der Waals surface area contributed by atoms with Crippen LogP contribution in [0.15, 0.2) is 10.6 Å². The van der Waals surface area contributed by atoms with Gasteiger partial charge in [-0.1, -0.05) is 0 Å². The van der Waals surface area contributed by atoms with Crippen LogP contribution in [0.1, 0.15) is 13.8 Å². The van der Waals surface area contributed by atoms with Crippen molar-refractivity contribution < 1.29 is 24.6 Å². The molecular formula is C13H19N3O5S. The molecule has 0 aromatic carbocycles. The molecule has 2 aliphatic heterocycles. The minimum absolute atomic E-state index is 0.0691. The Kier molecular flexibility index (Phi) is 4.50. The summed E-state index contributed by atoms with van der Waals surface area (Å²) in [6, 6.07) is -0.556. The molecule has 4 N–H and O–H groups in total. The number of carboxylic acids is 1. The van der Waals surface area contributed by atoms with E-state index in [4.69, 9.17) is 5.73 Å². The summed E-state index contributed by atoms with van der Waals surface area (Å²) in [6.07, 6.45) is -0.835. The van der Waals surface area contributed by atoms with E-state index in [0.717, 1.165) is 0 Å². The van der Waals surface area contributed by atoms with Crippen molar-refractivity contribution in [3.8, 4) is 0 Å². The summed E-state index contributed by atoms with van der Waals surface area (Å²) in [4.78, 5) is 38.0. The number of rotatable bonds is 6. The van der Waals surface area contributed by atoms with E-state index in [1.807, 2.05) is 0 Å². The maximum Gasteiger partial charge on any atom is 0.353 e. The van der Waals surface area contributed by atoms with Gasteiger partial charge in [-0.05, 0) is 20.9 Å². The molecule has 2 heterocycles. The second kappa shape index (κ2) is 5.90. The third-order valence-corrected chi connectivity index (χ3v) is 5.39. The largest absolute Gasteiger partial charge is 0.477 e. The van der Waals surface area contributed by atoms with Crippen LogP contribution in [-0.2, 0) is 14.4 Å². The van der Waals surface area contributed by atoms with E-state index >= 15 is 0 Å². The Morgan fingerprint density at radius 3 is 2.50 bits per heavy atom. The number of carbonyl (C=O) groups excluding carboxylic acids is 2. The van der Waals surface area contributed by atoms with Gasteiger partial charge in [-0.15, -0.1) is 11.8 Å². The first-order valence-corrected chi connectivity index (χ1v) is 7.68. The Morgan fingerprint density at radius 2 is 2.05 bits per heavy atom. The van der Waals surface area contributed by atoms with Gasteiger partial charge >= 0.3 is 5.97 Å². The number of hydrogen-bond donors (Lipinski definition) is 3. The summed E-state index contributed by atoms with van der Waals surface area (Å²) in [5, 5.41) is 18.6. The standard InChI is InChI=1S/C13H19N3O5S/c1-5(10(14)18)15(3)4-7-9(13(20)21)16-11(19)8(6(2)17)12(16)22-7/h5-6,8,12,17H,4H2,1-3H3,(H2,14,18)(H,20,21)/t5-,6+,8-,12+/m0/s1. The van der Waals surface area contributed by atoms with E-state index in [1.54, 1.807) is 18.9 Å². The van der Waals surface area contributed by atoms with Gasteiger partial charge in [0.25, 0.3) is 0 Å². The number of amides is 2. The number of carboxylic acid groups (broad SMARTS) is 1. The zero-order valence-corrected chi connectivity index (χ0v) is 13.3. The number of carbonyl (C=O) groups is 3. The highest BCUT2D eigenvalue weighted by molar-refractivity contribution is 8.04. The fourth-order valence-corrected chi connectivity index (χ4v) is 4.22. The lowest BCUT2D eigenvalue weighted by Crippen LogP contribution is -2.60. The Balaban J connectivity index is 2.22. The molecule has 0 radical (unpaired) electrons. The molecule has 0 aromatic heterocycles. The highest BCUT2D eigenvalue weighted by Crippen LogP contribution is 2.50. The minimum atomic E-state index is -1.19. The third kappa shape index (κ3) is 2.59. The number of aliphatic hydroxyl groups excluding tert-OH is 1. The number of thioether (sulfide) groups is 1. The summed E-state index contributed by atoms with van der Waals surface area (Å²) in [5.74, 6) is -2.69. The highest BCUT2D eigenvalue weighted by atomic mass is 32.2. The van der Waals surface area contributed by atoms with Crippen LogP contribution in [0.5, 0.6) is 0 Å². The molecule has 1 saturated heterocycles. The molecule has 0 unspecified atom stereocenters. The molecule has 2 amide bonds. The predicted octanol–water partition coefficient (Wildman–Crippen LogP) is -1.000. The lowest BCUT2D eigenvalue weighted by molar-refractivity contribution is -0.156. The van der Waals surface area contributed by atoms with Gasteiger partial charge in [-0.25, -0.2) is 4.79 Å². The van der Waals surface area contributed by atoms with E-state index in [9.17, 15) is 24.6 Å². The van der Waals surface area contributed by atoms with Crippen LogP contribution >= 0.6 is 11.8 Å². The molecule has 0 aromatic rings. The average Bonchev–Trinajstić information content (AvgIpc) is 2.71. The maximum atomic E-state index is 12.0. The quantitative estimate of drug-likeness (QED) is 0.534. The molecular weight excluding hydrogens is 310 g/mol. The monoisotopic (exact) mass is 329 g/mol. The summed E-state index contributed by atoms with van der Waals surface area (Å²) in [7, 11) is 1.66. The van der Waals surface area contributed by atoms with Crippen molar-refractivity contribution in [1.82, 2.24) is 9.80 Å². The normalized spacial score (nSPS) is 26.8. The fraction of sp³-hybridized carbons (Fsp3) is 0.615. The third-order valence-electron chi connectivity index (χ3n) is 4.04. The number of aliphatic hydroxyl groups is 1. The lowest BCUT2D eigenvalue weighted by Gasteiger charge is -2.43.